The molecule has 0 heterocycles. The third kappa shape index (κ3) is 3.15. The van der Waals surface area contributed by atoms with Gasteiger partial charge >= 0.3 is 0 Å². The van der Waals surface area contributed by atoms with Crippen LogP contribution in [0.3, 0.4) is 0 Å². The van der Waals surface area contributed by atoms with Gasteiger partial charge in [-0.2, -0.15) is 0 Å². The van der Waals surface area contributed by atoms with E-state index >= 15 is 0 Å². The zero-order valence-corrected chi connectivity index (χ0v) is 11.7. The molecule has 0 bridgehead atoms. The van der Waals surface area contributed by atoms with Crippen LogP contribution in [0.15, 0.2) is 47.4 Å². The third-order valence-corrected chi connectivity index (χ3v) is 4.46. The van der Waals surface area contributed by atoms with Crippen LogP contribution >= 0.6 is 0 Å². The second-order valence-corrected chi connectivity index (χ2v) is 6.18. The van der Waals surface area contributed by atoms with Crippen LogP contribution < -0.4 is 10.5 Å². The molecule has 0 radical (unpaired) electrons. The molecule has 0 saturated carbocycles. The number of sulfonamides is 1. The molecule has 0 aliphatic rings. The average Bonchev–Trinajstić information content (AvgIpc) is 2.40. The van der Waals surface area contributed by atoms with Gasteiger partial charge in [-0.1, -0.05) is 24.3 Å². The van der Waals surface area contributed by atoms with Crippen molar-refractivity contribution in [2.24, 2.45) is 0 Å². The van der Waals surface area contributed by atoms with Gasteiger partial charge in [-0.3, -0.25) is 0 Å². The molecule has 6 heteroatoms. The predicted molar refractivity (Wildman–Crippen MR) is 76.0 cm³/mol. The van der Waals surface area contributed by atoms with Crippen LogP contribution in [0.4, 0.5) is 10.1 Å². The first kappa shape index (κ1) is 14.5. The Bertz CT molecular complexity index is 730. The monoisotopic (exact) mass is 294 g/mol. The molecule has 106 valence electrons. The molecule has 0 amide bonds. The molecule has 0 fully saturated rings. The summed E-state index contributed by atoms with van der Waals surface area (Å²) in [5, 5.41) is 0. The molecule has 0 aromatic heterocycles. The highest BCUT2D eigenvalue weighted by atomic mass is 32.2. The van der Waals surface area contributed by atoms with E-state index in [1.807, 2.05) is 0 Å². The van der Waals surface area contributed by atoms with Gasteiger partial charge in [0.1, 0.15) is 5.82 Å². The average molecular weight is 294 g/mol. The Morgan fingerprint density at radius 2 is 1.90 bits per heavy atom. The highest BCUT2D eigenvalue weighted by Gasteiger charge is 2.17. The van der Waals surface area contributed by atoms with Crippen molar-refractivity contribution in [1.29, 1.82) is 0 Å². The summed E-state index contributed by atoms with van der Waals surface area (Å²) in [4.78, 5) is 0.105. The van der Waals surface area contributed by atoms with Gasteiger partial charge in [-0.05, 0) is 30.7 Å². The minimum atomic E-state index is -3.73. The first-order valence-electron chi connectivity index (χ1n) is 5.99. The highest BCUT2D eigenvalue weighted by molar-refractivity contribution is 7.89. The van der Waals surface area contributed by atoms with Crippen molar-refractivity contribution in [1.82, 2.24) is 4.72 Å². The zero-order valence-electron chi connectivity index (χ0n) is 10.9. The smallest absolute Gasteiger partial charge is 0.241 e. The summed E-state index contributed by atoms with van der Waals surface area (Å²) in [7, 11) is -3.73. The lowest BCUT2D eigenvalue weighted by molar-refractivity contribution is 0.574. The SMILES string of the molecule is Cc1ccc(N)cc1S(=O)(=O)NCc1ccccc1F. The van der Waals surface area contributed by atoms with Gasteiger partial charge in [-0.15, -0.1) is 0 Å². The van der Waals surface area contributed by atoms with E-state index in [4.69, 9.17) is 5.73 Å². The Labute approximate surface area is 117 Å². The maximum absolute atomic E-state index is 13.5. The van der Waals surface area contributed by atoms with E-state index in [0.29, 0.717) is 11.3 Å². The predicted octanol–water partition coefficient (Wildman–Crippen LogP) is 2.19. The fourth-order valence-corrected chi connectivity index (χ4v) is 3.08. The normalized spacial score (nSPS) is 11.5. The van der Waals surface area contributed by atoms with Crippen molar-refractivity contribution >= 4 is 15.7 Å². The lowest BCUT2D eigenvalue weighted by Crippen LogP contribution is -2.24. The Hall–Kier alpha value is -1.92. The molecule has 3 N–H and O–H groups in total. The molecule has 0 saturated heterocycles. The quantitative estimate of drug-likeness (QED) is 0.849. The van der Waals surface area contributed by atoms with Crippen molar-refractivity contribution in [3.8, 4) is 0 Å². The summed E-state index contributed by atoms with van der Waals surface area (Å²) in [5.74, 6) is -0.445. The van der Waals surface area contributed by atoms with Gasteiger partial charge in [0.05, 0.1) is 4.90 Å². The van der Waals surface area contributed by atoms with Gasteiger partial charge in [0, 0.05) is 17.8 Å². The Morgan fingerprint density at radius 1 is 1.20 bits per heavy atom. The van der Waals surface area contributed by atoms with E-state index in [2.05, 4.69) is 4.72 Å². The molecular formula is C14H15FN2O2S. The summed E-state index contributed by atoms with van der Waals surface area (Å²) in [5.41, 5.74) is 6.84. The van der Waals surface area contributed by atoms with Gasteiger partial charge in [0.25, 0.3) is 0 Å². The van der Waals surface area contributed by atoms with Crippen LogP contribution in [0.25, 0.3) is 0 Å². The number of nitrogens with one attached hydrogen (secondary N) is 1. The van der Waals surface area contributed by atoms with E-state index in [1.165, 1.54) is 18.2 Å². The molecule has 20 heavy (non-hydrogen) atoms. The Morgan fingerprint density at radius 3 is 2.60 bits per heavy atom. The zero-order chi connectivity index (χ0) is 14.8. The lowest BCUT2D eigenvalue weighted by Gasteiger charge is -2.10. The third-order valence-electron chi connectivity index (χ3n) is 2.91. The fraction of sp³-hybridized carbons (Fsp3) is 0.143. The molecule has 0 atom stereocenters. The van der Waals surface area contributed by atoms with Crippen molar-refractivity contribution < 1.29 is 12.8 Å². The van der Waals surface area contributed by atoms with Crippen LogP contribution in [0.2, 0.25) is 0 Å². The van der Waals surface area contributed by atoms with Crippen molar-refractivity contribution in [3.05, 3.63) is 59.4 Å². The van der Waals surface area contributed by atoms with Crippen molar-refractivity contribution in [3.63, 3.8) is 0 Å². The molecule has 0 aliphatic carbocycles. The Balaban J connectivity index is 2.24. The van der Waals surface area contributed by atoms with Crippen LogP contribution in [-0.2, 0) is 16.6 Å². The number of nitrogens with two attached hydrogens (primary N) is 1. The number of hydrogen-bond donors (Lipinski definition) is 2. The first-order valence-corrected chi connectivity index (χ1v) is 7.47. The van der Waals surface area contributed by atoms with Crippen molar-refractivity contribution in [2.45, 2.75) is 18.4 Å². The molecule has 0 aliphatic heterocycles. The summed E-state index contributed by atoms with van der Waals surface area (Å²) in [6.07, 6.45) is 0. The summed E-state index contributed by atoms with van der Waals surface area (Å²) in [6.45, 7) is 1.57. The minimum Gasteiger partial charge on any atom is -0.399 e. The standard InChI is InChI=1S/C14H15FN2O2S/c1-10-6-7-12(16)8-14(10)20(18,19)17-9-11-4-2-3-5-13(11)15/h2-8,17H,9,16H2,1H3. The first-order chi connectivity index (χ1) is 9.40. The molecule has 0 unspecified atom stereocenters. The van der Waals surface area contributed by atoms with Crippen LogP contribution in [0, 0.1) is 12.7 Å². The lowest BCUT2D eigenvalue weighted by atomic mass is 10.2. The second kappa shape index (κ2) is 5.60. The van der Waals surface area contributed by atoms with Crippen LogP contribution in [0.5, 0.6) is 0 Å². The fourth-order valence-electron chi connectivity index (χ4n) is 1.80. The number of hydrogen-bond acceptors (Lipinski definition) is 3. The molecule has 2 aromatic carbocycles. The summed E-state index contributed by atoms with van der Waals surface area (Å²) in [6, 6.07) is 10.7. The largest absolute Gasteiger partial charge is 0.399 e. The van der Waals surface area contributed by atoms with Crippen LogP contribution in [-0.4, -0.2) is 8.42 Å². The maximum Gasteiger partial charge on any atom is 0.241 e. The van der Waals surface area contributed by atoms with E-state index in [1.54, 1.807) is 31.2 Å². The van der Waals surface area contributed by atoms with Gasteiger partial charge in [0.15, 0.2) is 0 Å². The highest BCUT2D eigenvalue weighted by Crippen LogP contribution is 2.18. The number of aryl methyl sites for hydroxylation is 1. The van der Waals surface area contributed by atoms with Gasteiger partial charge in [-0.25, -0.2) is 17.5 Å². The van der Waals surface area contributed by atoms with Crippen LogP contribution in [0.1, 0.15) is 11.1 Å². The maximum atomic E-state index is 13.5. The summed E-state index contributed by atoms with van der Waals surface area (Å²) < 4.78 is 40.2. The van der Waals surface area contributed by atoms with Gasteiger partial charge in [0.2, 0.25) is 10.0 Å². The number of nitrogen functional groups attached to an aromatic ring is 1. The molecule has 2 rings (SSSR count). The molecule has 0 spiro atoms. The van der Waals surface area contributed by atoms with Gasteiger partial charge < -0.3 is 5.73 Å². The van der Waals surface area contributed by atoms with E-state index in [9.17, 15) is 12.8 Å². The number of benzene rings is 2. The van der Waals surface area contributed by atoms with E-state index < -0.39 is 15.8 Å². The minimum absolute atomic E-state index is 0.105. The van der Waals surface area contributed by atoms with E-state index in [0.717, 1.165) is 0 Å². The van der Waals surface area contributed by atoms with E-state index in [-0.39, 0.29) is 17.0 Å². The second-order valence-electron chi connectivity index (χ2n) is 4.44. The number of halogens is 1. The topological polar surface area (TPSA) is 72.2 Å². The Kier molecular flexibility index (Phi) is 4.06. The molecular weight excluding hydrogens is 279 g/mol. The summed E-state index contributed by atoms with van der Waals surface area (Å²) >= 11 is 0. The number of rotatable bonds is 4. The number of anilines is 1. The van der Waals surface area contributed by atoms with Crippen molar-refractivity contribution in [2.75, 3.05) is 5.73 Å². The molecule has 2 aromatic rings. The molecule has 4 nitrogen and oxygen atoms in total.